The van der Waals surface area contributed by atoms with Gasteiger partial charge in [0.25, 0.3) is 0 Å². The van der Waals surface area contributed by atoms with Crippen molar-refractivity contribution in [1.29, 1.82) is 0 Å². The van der Waals surface area contributed by atoms with Crippen LogP contribution < -0.4 is 0 Å². The molecule has 13 heavy (non-hydrogen) atoms. The minimum absolute atomic E-state index is 0.117. The van der Waals surface area contributed by atoms with Crippen LogP contribution in [0.2, 0.25) is 0 Å². The summed E-state index contributed by atoms with van der Waals surface area (Å²) in [5.74, 6) is 0. The predicted molar refractivity (Wildman–Crippen MR) is 57.3 cm³/mol. The summed E-state index contributed by atoms with van der Waals surface area (Å²) in [6.07, 6.45) is 2.26. The quantitative estimate of drug-likeness (QED) is 0.483. The maximum atomic E-state index is 10.4. The van der Waals surface area contributed by atoms with E-state index in [0.29, 0.717) is 38.9 Å². The van der Waals surface area contributed by atoms with E-state index in [1.165, 1.54) is 0 Å². The first-order chi connectivity index (χ1) is 6.13. The predicted octanol–water partition coefficient (Wildman–Crippen LogP) is 1.48. The van der Waals surface area contributed by atoms with Gasteiger partial charge in [-0.15, -0.1) is 25.3 Å². The van der Waals surface area contributed by atoms with Crippen LogP contribution in [0.1, 0.15) is 25.7 Å². The molecule has 0 aromatic heterocycles. The van der Waals surface area contributed by atoms with Gasteiger partial charge in [-0.3, -0.25) is 9.59 Å². The maximum Gasteiger partial charge on any atom is 0.186 e. The molecule has 0 bridgehead atoms. The number of ether oxygens (including phenoxy) is 1. The van der Waals surface area contributed by atoms with E-state index in [1.807, 2.05) is 0 Å². The highest BCUT2D eigenvalue weighted by Gasteiger charge is 1.96. The summed E-state index contributed by atoms with van der Waals surface area (Å²) in [5, 5.41) is -0.233. The average Bonchev–Trinajstić information content (AvgIpc) is 2.01. The molecule has 0 fully saturated rings. The minimum Gasteiger partial charge on any atom is -0.381 e. The van der Waals surface area contributed by atoms with Gasteiger partial charge >= 0.3 is 0 Å². The summed E-state index contributed by atoms with van der Waals surface area (Å²) in [5.41, 5.74) is 0. The van der Waals surface area contributed by atoms with Crippen LogP contribution in [0.15, 0.2) is 0 Å². The van der Waals surface area contributed by atoms with E-state index in [9.17, 15) is 9.59 Å². The molecule has 3 nitrogen and oxygen atoms in total. The molecule has 0 saturated carbocycles. The van der Waals surface area contributed by atoms with Crippen molar-refractivity contribution in [3.8, 4) is 0 Å². The van der Waals surface area contributed by atoms with Crippen LogP contribution in [0.25, 0.3) is 0 Å². The van der Waals surface area contributed by atoms with Crippen molar-refractivity contribution in [3.63, 3.8) is 0 Å². The molecule has 0 aliphatic heterocycles. The van der Waals surface area contributed by atoms with Gasteiger partial charge in [0.05, 0.1) is 0 Å². The Balaban J connectivity index is 3.00. The number of rotatable bonds is 8. The second kappa shape index (κ2) is 8.59. The van der Waals surface area contributed by atoms with Gasteiger partial charge in [-0.05, 0) is 12.8 Å². The fourth-order valence-corrected chi connectivity index (χ4v) is 1.07. The van der Waals surface area contributed by atoms with Gasteiger partial charge in [-0.1, -0.05) is 0 Å². The number of hydrogen-bond donors (Lipinski definition) is 2. The van der Waals surface area contributed by atoms with Gasteiger partial charge in [-0.2, -0.15) is 0 Å². The molecular formula is C8H14O3S2. The van der Waals surface area contributed by atoms with Crippen molar-refractivity contribution in [1.82, 2.24) is 0 Å². The van der Waals surface area contributed by atoms with Crippen LogP contribution in [-0.4, -0.2) is 23.4 Å². The lowest BCUT2D eigenvalue weighted by atomic mass is 10.3. The van der Waals surface area contributed by atoms with Gasteiger partial charge < -0.3 is 4.74 Å². The topological polar surface area (TPSA) is 43.4 Å². The molecule has 0 amide bonds. The zero-order valence-corrected chi connectivity index (χ0v) is 9.15. The van der Waals surface area contributed by atoms with E-state index in [2.05, 4.69) is 25.3 Å². The minimum atomic E-state index is -0.117. The lowest BCUT2D eigenvalue weighted by molar-refractivity contribution is -0.111. The summed E-state index contributed by atoms with van der Waals surface area (Å²) in [7, 11) is 0. The van der Waals surface area contributed by atoms with E-state index >= 15 is 0 Å². The summed E-state index contributed by atoms with van der Waals surface area (Å²) in [6, 6.07) is 0. The second-order valence-corrected chi connectivity index (χ2v) is 3.60. The van der Waals surface area contributed by atoms with Crippen molar-refractivity contribution in [2.24, 2.45) is 0 Å². The second-order valence-electron chi connectivity index (χ2n) is 2.61. The Morgan fingerprint density at radius 2 is 1.31 bits per heavy atom. The number of thiol groups is 2. The third kappa shape index (κ3) is 12.0. The molecule has 0 atom stereocenters. The van der Waals surface area contributed by atoms with Gasteiger partial charge in [0.1, 0.15) is 0 Å². The van der Waals surface area contributed by atoms with E-state index in [0.717, 1.165) is 0 Å². The number of carbonyl (C=O) groups excluding carboxylic acids is 2. The standard InChI is InChI=1S/C8H14O3S2/c9-7(12)3-1-5-11-6-2-4-8(10)13/h1-6H2,(H,9,12)(H,10,13). The Morgan fingerprint density at radius 1 is 0.923 bits per heavy atom. The molecule has 5 heteroatoms. The van der Waals surface area contributed by atoms with Crippen molar-refractivity contribution < 1.29 is 14.3 Å². The molecule has 0 spiro atoms. The van der Waals surface area contributed by atoms with Crippen LogP contribution in [0.5, 0.6) is 0 Å². The van der Waals surface area contributed by atoms with Crippen molar-refractivity contribution >= 4 is 35.5 Å². The van der Waals surface area contributed by atoms with Crippen LogP contribution in [0, 0.1) is 0 Å². The monoisotopic (exact) mass is 222 g/mol. The molecule has 0 rings (SSSR count). The van der Waals surface area contributed by atoms with Gasteiger partial charge in [0, 0.05) is 26.1 Å². The normalized spacial score (nSPS) is 10.0. The fourth-order valence-electron chi connectivity index (χ4n) is 0.753. The Labute approximate surface area is 89.0 Å². The molecule has 76 valence electrons. The van der Waals surface area contributed by atoms with Crippen LogP contribution in [-0.2, 0) is 14.3 Å². The van der Waals surface area contributed by atoms with E-state index in [-0.39, 0.29) is 10.2 Å². The highest BCUT2D eigenvalue weighted by molar-refractivity contribution is 7.96. The molecule has 0 unspecified atom stereocenters. The third-order valence-electron chi connectivity index (χ3n) is 1.36. The average molecular weight is 222 g/mol. The van der Waals surface area contributed by atoms with Gasteiger partial charge in [0.15, 0.2) is 10.2 Å². The molecule has 0 saturated heterocycles. The first-order valence-electron chi connectivity index (χ1n) is 4.14. The first kappa shape index (κ1) is 13.0. The summed E-state index contributed by atoms with van der Waals surface area (Å²) in [4.78, 5) is 20.8. The van der Waals surface area contributed by atoms with E-state index in [1.54, 1.807) is 0 Å². The van der Waals surface area contributed by atoms with Crippen molar-refractivity contribution in [2.75, 3.05) is 13.2 Å². The first-order valence-corrected chi connectivity index (χ1v) is 5.03. The zero-order chi connectivity index (χ0) is 10.1. The number of hydrogen-bond acceptors (Lipinski definition) is 3. The van der Waals surface area contributed by atoms with Crippen molar-refractivity contribution in [2.45, 2.75) is 25.7 Å². The molecule has 0 aromatic rings. The largest absolute Gasteiger partial charge is 0.381 e. The van der Waals surface area contributed by atoms with E-state index in [4.69, 9.17) is 4.74 Å². The van der Waals surface area contributed by atoms with E-state index < -0.39 is 0 Å². The van der Waals surface area contributed by atoms with Gasteiger partial charge in [-0.25, -0.2) is 0 Å². The zero-order valence-electron chi connectivity index (χ0n) is 7.36. The Hall–Kier alpha value is -0.000000000000000111. The summed E-state index contributed by atoms with van der Waals surface area (Å²) < 4.78 is 5.16. The number of carbonyl (C=O) groups is 2. The molecular weight excluding hydrogens is 208 g/mol. The Morgan fingerprint density at radius 3 is 1.62 bits per heavy atom. The fraction of sp³-hybridized carbons (Fsp3) is 0.750. The van der Waals surface area contributed by atoms with Gasteiger partial charge in [0.2, 0.25) is 0 Å². The van der Waals surface area contributed by atoms with Crippen LogP contribution in [0.3, 0.4) is 0 Å². The van der Waals surface area contributed by atoms with Crippen LogP contribution >= 0.6 is 25.3 Å². The molecule has 0 radical (unpaired) electrons. The summed E-state index contributed by atoms with van der Waals surface area (Å²) in [6.45, 7) is 1.10. The highest BCUT2D eigenvalue weighted by atomic mass is 32.1. The lowest BCUT2D eigenvalue weighted by Gasteiger charge is -2.01. The molecule has 0 aliphatic carbocycles. The SMILES string of the molecule is O=C(S)CCCOCCCC(=O)S. The lowest BCUT2D eigenvalue weighted by Crippen LogP contribution is -2.00. The summed E-state index contributed by atoms with van der Waals surface area (Å²) >= 11 is 7.24. The third-order valence-corrected chi connectivity index (χ3v) is 1.81. The maximum absolute atomic E-state index is 10.4. The molecule has 0 aliphatic rings. The molecule has 0 heterocycles. The Kier molecular flexibility index (Phi) is 8.59. The molecule has 0 aromatic carbocycles. The highest BCUT2D eigenvalue weighted by Crippen LogP contribution is 1.97. The molecule has 0 N–H and O–H groups in total. The Bertz CT molecular complexity index is 153. The van der Waals surface area contributed by atoms with Crippen molar-refractivity contribution in [3.05, 3.63) is 0 Å². The van der Waals surface area contributed by atoms with Crippen LogP contribution in [0.4, 0.5) is 0 Å². The smallest absolute Gasteiger partial charge is 0.186 e.